The minimum Gasteiger partial charge on any atom is -0.430 e. The minimum absolute atomic E-state index is 0.0399. The Balaban J connectivity index is 2.49. The Kier molecular flexibility index (Phi) is 3.70. The molecule has 1 saturated heterocycles. The molecule has 2 unspecified atom stereocenters. The van der Waals surface area contributed by atoms with Crippen LogP contribution in [0.25, 0.3) is 0 Å². The molecule has 0 aromatic rings. The molecule has 1 aliphatic rings. The first-order valence-corrected chi connectivity index (χ1v) is 5.21. The van der Waals surface area contributed by atoms with Crippen LogP contribution in [0.1, 0.15) is 13.8 Å². The number of carbonyl (C=O) groups is 1. The lowest BCUT2D eigenvalue weighted by Gasteiger charge is -2.36. The molecule has 0 aliphatic carbocycles. The van der Waals surface area contributed by atoms with Gasteiger partial charge in [-0.15, -0.1) is 0 Å². The third-order valence-electron chi connectivity index (χ3n) is 1.61. The highest BCUT2D eigenvalue weighted by Crippen LogP contribution is 2.21. The molecule has 0 N–H and O–H groups in total. The second kappa shape index (κ2) is 4.39. The number of alkyl halides is 1. The van der Waals surface area contributed by atoms with Gasteiger partial charge in [0.25, 0.3) is 0 Å². The maximum atomic E-state index is 11.0. The maximum absolute atomic E-state index is 11.0. The zero-order valence-corrected chi connectivity index (χ0v) is 9.30. The van der Waals surface area contributed by atoms with Crippen molar-refractivity contribution in [3.63, 3.8) is 0 Å². The van der Waals surface area contributed by atoms with E-state index in [0.717, 1.165) is 0 Å². The van der Waals surface area contributed by atoms with Crippen molar-refractivity contribution < 1.29 is 19.0 Å². The highest BCUT2D eigenvalue weighted by Gasteiger charge is 2.35. The van der Waals surface area contributed by atoms with Crippen LogP contribution in [0.2, 0.25) is 0 Å². The highest BCUT2D eigenvalue weighted by molar-refractivity contribution is 9.09. The van der Waals surface area contributed by atoms with Crippen LogP contribution in [0, 0.1) is 0 Å². The van der Waals surface area contributed by atoms with E-state index in [1.807, 2.05) is 6.92 Å². The summed E-state index contributed by atoms with van der Waals surface area (Å²) in [5.74, 6) is -1.28. The normalized spacial score (nSPS) is 34.2. The molecule has 2 atom stereocenters. The molecule has 4 nitrogen and oxygen atoms in total. The standard InChI is InChI=1S/C8H13BrO4/c1-6-4-11-5-8(2,12-6)13-7(10)3-9/h6H,3-5H2,1-2H3. The molecule has 1 heterocycles. The van der Waals surface area contributed by atoms with Gasteiger partial charge in [-0.05, 0) is 6.92 Å². The van der Waals surface area contributed by atoms with Crippen molar-refractivity contribution in [2.75, 3.05) is 18.5 Å². The topological polar surface area (TPSA) is 44.8 Å². The number of hydrogen-bond donors (Lipinski definition) is 0. The van der Waals surface area contributed by atoms with Gasteiger partial charge >= 0.3 is 5.97 Å². The van der Waals surface area contributed by atoms with Crippen LogP contribution in [-0.2, 0) is 19.0 Å². The van der Waals surface area contributed by atoms with Crippen molar-refractivity contribution in [1.82, 2.24) is 0 Å². The SMILES string of the molecule is CC1COCC(C)(OC(=O)CBr)O1. The quantitative estimate of drug-likeness (QED) is 0.545. The highest BCUT2D eigenvalue weighted by atomic mass is 79.9. The molecule has 0 bridgehead atoms. The summed E-state index contributed by atoms with van der Waals surface area (Å²) in [6.45, 7) is 4.40. The Labute approximate surface area is 85.7 Å². The molecular weight excluding hydrogens is 240 g/mol. The van der Waals surface area contributed by atoms with Gasteiger partial charge in [0.05, 0.1) is 12.7 Å². The summed E-state index contributed by atoms with van der Waals surface area (Å²) in [4.78, 5) is 11.0. The predicted molar refractivity (Wildman–Crippen MR) is 49.7 cm³/mol. The number of hydrogen-bond acceptors (Lipinski definition) is 4. The van der Waals surface area contributed by atoms with Gasteiger partial charge < -0.3 is 14.2 Å². The summed E-state index contributed by atoms with van der Waals surface area (Å²) in [5.41, 5.74) is 0. The molecule has 13 heavy (non-hydrogen) atoms. The van der Waals surface area contributed by atoms with Gasteiger partial charge in [0, 0.05) is 6.92 Å². The summed E-state index contributed by atoms with van der Waals surface area (Å²) in [5, 5.41) is 0.167. The van der Waals surface area contributed by atoms with Crippen LogP contribution in [0.4, 0.5) is 0 Å². The van der Waals surface area contributed by atoms with Gasteiger partial charge in [-0.1, -0.05) is 15.9 Å². The molecule has 0 amide bonds. The molecule has 76 valence electrons. The Morgan fingerprint density at radius 3 is 3.00 bits per heavy atom. The first-order chi connectivity index (χ1) is 6.06. The molecule has 0 saturated carbocycles. The third kappa shape index (κ3) is 3.25. The summed E-state index contributed by atoms with van der Waals surface area (Å²) in [6.07, 6.45) is -0.0399. The van der Waals surface area contributed by atoms with Gasteiger partial charge in [-0.2, -0.15) is 0 Å². The van der Waals surface area contributed by atoms with Crippen molar-refractivity contribution in [3.8, 4) is 0 Å². The average molecular weight is 253 g/mol. The molecule has 0 aromatic heterocycles. The Bertz CT molecular complexity index is 197. The predicted octanol–water partition coefficient (Wildman–Crippen LogP) is 1.08. The van der Waals surface area contributed by atoms with E-state index in [-0.39, 0.29) is 24.0 Å². The van der Waals surface area contributed by atoms with E-state index in [0.29, 0.717) is 6.61 Å². The zero-order valence-electron chi connectivity index (χ0n) is 7.71. The number of esters is 1. The van der Waals surface area contributed by atoms with E-state index in [4.69, 9.17) is 14.2 Å². The lowest BCUT2D eigenvalue weighted by atomic mass is 10.3. The average Bonchev–Trinajstić information content (AvgIpc) is 2.02. The van der Waals surface area contributed by atoms with Crippen molar-refractivity contribution in [1.29, 1.82) is 0 Å². The van der Waals surface area contributed by atoms with E-state index >= 15 is 0 Å². The van der Waals surface area contributed by atoms with E-state index < -0.39 is 5.79 Å². The van der Waals surface area contributed by atoms with Gasteiger partial charge in [-0.25, -0.2) is 0 Å². The maximum Gasteiger partial charge on any atom is 0.319 e. The van der Waals surface area contributed by atoms with Crippen LogP contribution in [0.15, 0.2) is 0 Å². The first kappa shape index (κ1) is 10.9. The van der Waals surface area contributed by atoms with Crippen molar-refractivity contribution >= 4 is 21.9 Å². The largest absolute Gasteiger partial charge is 0.430 e. The lowest BCUT2D eigenvalue weighted by molar-refractivity contribution is -0.290. The minimum atomic E-state index is -0.928. The van der Waals surface area contributed by atoms with E-state index in [9.17, 15) is 4.79 Å². The Morgan fingerprint density at radius 1 is 1.77 bits per heavy atom. The van der Waals surface area contributed by atoms with Crippen LogP contribution in [0.5, 0.6) is 0 Å². The molecule has 1 fully saturated rings. The van der Waals surface area contributed by atoms with Crippen molar-refractivity contribution in [2.24, 2.45) is 0 Å². The first-order valence-electron chi connectivity index (χ1n) is 4.09. The zero-order chi connectivity index (χ0) is 9.90. The molecule has 1 rings (SSSR count). The number of rotatable bonds is 2. The Hall–Kier alpha value is -0.130. The van der Waals surface area contributed by atoms with Crippen LogP contribution in [0.3, 0.4) is 0 Å². The number of halogens is 1. The number of carbonyl (C=O) groups excluding carboxylic acids is 1. The number of ether oxygens (including phenoxy) is 3. The summed E-state index contributed by atoms with van der Waals surface area (Å²) in [7, 11) is 0. The third-order valence-corrected chi connectivity index (χ3v) is 2.06. The molecule has 0 spiro atoms. The Morgan fingerprint density at radius 2 is 2.46 bits per heavy atom. The summed E-state index contributed by atoms with van der Waals surface area (Å²) in [6, 6.07) is 0. The molecule has 1 aliphatic heterocycles. The second-order valence-corrected chi connectivity index (χ2v) is 3.75. The molecule has 5 heteroatoms. The van der Waals surface area contributed by atoms with Crippen LogP contribution in [-0.4, -0.2) is 36.4 Å². The summed E-state index contributed by atoms with van der Waals surface area (Å²) >= 11 is 3.01. The fourth-order valence-electron chi connectivity index (χ4n) is 1.23. The van der Waals surface area contributed by atoms with Crippen LogP contribution < -0.4 is 0 Å². The van der Waals surface area contributed by atoms with Gasteiger partial charge in [-0.3, -0.25) is 4.79 Å². The fraction of sp³-hybridized carbons (Fsp3) is 0.875. The molecule has 0 radical (unpaired) electrons. The fourth-order valence-corrected chi connectivity index (χ4v) is 1.34. The molecule has 0 aromatic carbocycles. The smallest absolute Gasteiger partial charge is 0.319 e. The van der Waals surface area contributed by atoms with E-state index in [2.05, 4.69) is 15.9 Å². The van der Waals surface area contributed by atoms with E-state index in [1.165, 1.54) is 0 Å². The van der Waals surface area contributed by atoms with Crippen LogP contribution >= 0.6 is 15.9 Å². The lowest BCUT2D eigenvalue weighted by Crippen LogP contribution is -2.47. The van der Waals surface area contributed by atoms with Crippen molar-refractivity contribution in [3.05, 3.63) is 0 Å². The van der Waals surface area contributed by atoms with Crippen molar-refractivity contribution in [2.45, 2.75) is 25.7 Å². The summed E-state index contributed by atoms with van der Waals surface area (Å²) < 4.78 is 15.7. The molecular formula is C8H13BrO4. The monoisotopic (exact) mass is 252 g/mol. The van der Waals surface area contributed by atoms with Gasteiger partial charge in [0.2, 0.25) is 5.79 Å². The van der Waals surface area contributed by atoms with Gasteiger partial charge in [0.1, 0.15) is 11.9 Å². The van der Waals surface area contributed by atoms with Gasteiger partial charge in [0.15, 0.2) is 0 Å². The second-order valence-electron chi connectivity index (χ2n) is 3.19. The van der Waals surface area contributed by atoms with E-state index in [1.54, 1.807) is 6.92 Å².